The van der Waals surface area contributed by atoms with E-state index in [-0.39, 0.29) is 11.9 Å². The summed E-state index contributed by atoms with van der Waals surface area (Å²) in [4.78, 5) is 0. The highest BCUT2D eigenvalue weighted by molar-refractivity contribution is 6.31. The van der Waals surface area contributed by atoms with E-state index >= 15 is 0 Å². The standard InChI is InChI=1S/C17H19ClFN/c1-3-20-17(11-13-6-4-5-7-16(13)18)14-8-12(2)9-15(19)10-14/h4-10,17,20H,3,11H2,1-2H3. The SMILES string of the molecule is CCNC(Cc1ccccc1Cl)c1cc(C)cc(F)c1. The minimum atomic E-state index is -0.193. The van der Waals surface area contributed by atoms with Crippen molar-refractivity contribution in [1.29, 1.82) is 0 Å². The Hall–Kier alpha value is -1.38. The maximum Gasteiger partial charge on any atom is 0.123 e. The molecule has 0 saturated heterocycles. The van der Waals surface area contributed by atoms with Crippen LogP contribution in [-0.2, 0) is 6.42 Å². The van der Waals surface area contributed by atoms with Crippen LogP contribution < -0.4 is 5.32 Å². The summed E-state index contributed by atoms with van der Waals surface area (Å²) in [6, 6.07) is 13.0. The third kappa shape index (κ3) is 3.81. The Bertz CT molecular complexity index is 563. The molecular formula is C17H19ClFN. The van der Waals surface area contributed by atoms with E-state index in [1.165, 1.54) is 0 Å². The molecule has 0 aliphatic heterocycles. The van der Waals surface area contributed by atoms with Gasteiger partial charge in [-0.3, -0.25) is 0 Å². The second-order valence-corrected chi connectivity index (χ2v) is 5.37. The largest absolute Gasteiger partial charge is 0.310 e. The third-order valence-corrected chi connectivity index (χ3v) is 3.67. The summed E-state index contributed by atoms with van der Waals surface area (Å²) in [6.45, 7) is 4.78. The molecule has 0 aliphatic rings. The molecule has 1 nitrogen and oxygen atoms in total. The van der Waals surface area contributed by atoms with Gasteiger partial charge in [0.25, 0.3) is 0 Å². The molecule has 2 rings (SSSR count). The van der Waals surface area contributed by atoms with Gasteiger partial charge < -0.3 is 5.32 Å². The molecule has 0 bridgehead atoms. The molecule has 20 heavy (non-hydrogen) atoms. The quantitative estimate of drug-likeness (QED) is 0.843. The highest BCUT2D eigenvalue weighted by Crippen LogP contribution is 2.24. The zero-order valence-corrected chi connectivity index (χ0v) is 12.5. The highest BCUT2D eigenvalue weighted by Gasteiger charge is 2.14. The van der Waals surface area contributed by atoms with E-state index in [1.54, 1.807) is 12.1 Å². The van der Waals surface area contributed by atoms with Crippen molar-refractivity contribution in [2.75, 3.05) is 6.54 Å². The van der Waals surface area contributed by atoms with Gasteiger partial charge in [0.2, 0.25) is 0 Å². The Morgan fingerprint density at radius 2 is 1.95 bits per heavy atom. The van der Waals surface area contributed by atoms with Crippen LogP contribution in [0.1, 0.15) is 29.7 Å². The van der Waals surface area contributed by atoms with Crippen molar-refractivity contribution in [3.63, 3.8) is 0 Å². The number of hydrogen-bond acceptors (Lipinski definition) is 1. The Morgan fingerprint density at radius 1 is 1.20 bits per heavy atom. The molecule has 0 heterocycles. The number of nitrogens with one attached hydrogen (secondary N) is 1. The van der Waals surface area contributed by atoms with Crippen LogP contribution in [0.4, 0.5) is 4.39 Å². The summed E-state index contributed by atoms with van der Waals surface area (Å²) < 4.78 is 13.6. The summed E-state index contributed by atoms with van der Waals surface area (Å²) in [7, 11) is 0. The van der Waals surface area contributed by atoms with Crippen LogP contribution in [0.3, 0.4) is 0 Å². The van der Waals surface area contributed by atoms with E-state index in [0.29, 0.717) is 0 Å². The molecule has 0 aromatic heterocycles. The van der Waals surface area contributed by atoms with Gasteiger partial charge in [-0.2, -0.15) is 0 Å². The van der Waals surface area contributed by atoms with Crippen molar-refractivity contribution in [3.05, 3.63) is 70.0 Å². The molecule has 0 fully saturated rings. The summed E-state index contributed by atoms with van der Waals surface area (Å²) in [6.07, 6.45) is 0.746. The number of halogens is 2. The first kappa shape index (κ1) is 15.0. The topological polar surface area (TPSA) is 12.0 Å². The van der Waals surface area contributed by atoms with Gasteiger partial charge >= 0.3 is 0 Å². The molecule has 2 aromatic carbocycles. The molecule has 106 valence electrons. The molecule has 0 saturated carbocycles. The van der Waals surface area contributed by atoms with E-state index in [2.05, 4.69) is 5.32 Å². The van der Waals surface area contributed by atoms with Crippen molar-refractivity contribution in [2.45, 2.75) is 26.3 Å². The first-order valence-corrected chi connectivity index (χ1v) is 7.22. The predicted octanol–water partition coefficient (Wildman–Crippen LogP) is 4.68. The summed E-state index contributed by atoms with van der Waals surface area (Å²) in [5, 5.41) is 4.16. The summed E-state index contributed by atoms with van der Waals surface area (Å²) in [5.74, 6) is -0.193. The van der Waals surface area contributed by atoms with E-state index in [4.69, 9.17) is 11.6 Å². The van der Waals surface area contributed by atoms with Crippen LogP contribution >= 0.6 is 11.6 Å². The minimum absolute atomic E-state index is 0.0642. The molecule has 0 aliphatic carbocycles. The molecule has 1 N–H and O–H groups in total. The summed E-state index contributed by atoms with van der Waals surface area (Å²) >= 11 is 6.22. The van der Waals surface area contributed by atoms with Gasteiger partial charge in [0.1, 0.15) is 5.82 Å². The number of likely N-dealkylation sites (N-methyl/N-ethyl adjacent to an activating group) is 1. The lowest BCUT2D eigenvalue weighted by atomic mass is 9.97. The molecule has 1 atom stereocenters. The molecule has 2 aromatic rings. The van der Waals surface area contributed by atoms with Crippen molar-refractivity contribution < 1.29 is 4.39 Å². The van der Waals surface area contributed by atoms with Gasteiger partial charge in [-0.05, 0) is 54.8 Å². The predicted molar refractivity (Wildman–Crippen MR) is 82.7 cm³/mol. The fourth-order valence-corrected chi connectivity index (χ4v) is 2.62. The second-order valence-electron chi connectivity index (χ2n) is 4.97. The fraction of sp³-hybridized carbons (Fsp3) is 0.294. The summed E-state index contributed by atoms with van der Waals surface area (Å²) in [5.41, 5.74) is 2.97. The van der Waals surface area contributed by atoms with Crippen LogP contribution in [0.5, 0.6) is 0 Å². The average molecular weight is 292 g/mol. The van der Waals surface area contributed by atoms with Crippen LogP contribution in [0, 0.1) is 12.7 Å². The second kappa shape index (κ2) is 6.87. The Morgan fingerprint density at radius 3 is 2.60 bits per heavy atom. The number of hydrogen-bond donors (Lipinski definition) is 1. The van der Waals surface area contributed by atoms with Gasteiger partial charge in [-0.15, -0.1) is 0 Å². The van der Waals surface area contributed by atoms with Crippen molar-refractivity contribution in [2.24, 2.45) is 0 Å². The first-order chi connectivity index (χ1) is 9.60. The molecular weight excluding hydrogens is 273 g/mol. The van der Waals surface area contributed by atoms with E-state index < -0.39 is 0 Å². The number of rotatable bonds is 5. The van der Waals surface area contributed by atoms with Crippen LogP contribution in [0.2, 0.25) is 5.02 Å². The van der Waals surface area contributed by atoms with Crippen molar-refractivity contribution in [1.82, 2.24) is 5.32 Å². The van der Waals surface area contributed by atoms with Crippen molar-refractivity contribution >= 4 is 11.6 Å². The number of benzene rings is 2. The van der Waals surface area contributed by atoms with E-state index in [1.807, 2.05) is 44.2 Å². The molecule has 0 amide bonds. The Labute approximate surface area is 124 Å². The average Bonchev–Trinajstić information content (AvgIpc) is 2.39. The van der Waals surface area contributed by atoms with Crippen LogP contribution in [0.25, 0.3) is 0 Å². The smallest absolute Gasteiger partial charge is 0.123 e. The molecule has 0 radical (unpaired) electrons. The minimum Gasteiger partial charge on any atom is -0.310 e. The Kier molecular flexibility index (Phi) is 5.16. The first-order valence-electron chi connectivity index (χ1n) is 6.84. The highest BCUT2D eigenvalue weighted by atomic mass is 35.5. The van der Waals surface area contributed by atoms with Crippen molar-refractivity contribution in [3.8, 4) is 0 Å². The van der Waals surface area contributed by atoms with Gasteiger partial charge in [-0.25, -0.2) is 4.39 Å². The van der Waals surface area contributed by atoms with Gasteiger partial charge in [0, 0.05) is 11.1 Å². The lowest BCUT2D eigenvalue weighted by Gasteiger charge is -2.20. The van der Waals surface area contributed by atoms with E-state index in [9.17, 15) is 4.39 Å². The Balaban J connectivity index is 2.29. The zero-order chi connectivity index (χ0) is 14.5. The zero-order valence-electron chi connectivity index (χ0n) is 11.8. The molecule has 3 heteroatoms. The monoisotopic (exact) mass is 291 g/mol. The van der Waals surface area contributed by atoms with Gasteiger partial charge in [-0.1, -0.05) is 42.8 Å². The van der Waals surface area contributed by atoms with Crippen LogP contribution in [0.15, 0.2) is 42.5 Å². The van der Waals surface area contributed by atoms with Crippen LogP contribution in [-0.4, -0.2) is 6.54 Å². The lowest BCUT2D eigenvalue weighted by Crippen LogP contribution is -2.23. The number of aryl methyl sites for hydroxylation is 1. The van der Waals surface area contributed by atoms with E-state index in [0.717, 1.165) is 34.7 Å². The molecule has 1 unspecified atom stereocenters. The van der Waals surface area contributed by atoms with Gasteiger partial charge in [0.05, 0.1) is 0 Å². The fourth-order valence-electron chi connectivity index (χ4n) is 2.40. The van der Waals surface area contributed by atoms with Gasteiger partial charge in [0.15, 0.2) is 0 Å². The maximum absolute atomic E-state index is 13.6. The molecule has 0 spiro atoms. The normalized spacial score (nSPS) is 12.4. The maximum atomic E-state index is 13.6. The third-order valence-electron chi connectivity index (χ3n) is 3.30. The lowest BCUT2D eigenvalue weighted by molar-refractivity contribution is 0.542.